The molecular formula is C19H22FN3. The van der Waals surface area contributed by atoms with Crippen molar-refractivity contribution in [3.63, 3.8) is 0 Å². The summed E-state index contributed by atoms with van der Waals surface area (Å²) in [5, 5.41) is 0. The monoisotopic (exact) mass is 311 g/mol. The van der Waals surface area contributed by atoms with Gasteiger partial charge in [-0.25, -0.2) is 4.39 Å². The van der Waals surface area contributed by atoms with Crippen LogP contribution in [-0.4, -0.2) is 42.1 Å². The van der Waals surface area contributed by atoms with Crippen LogP contribution in [0.5, 0.6) is 0 Å². The minimum absolute atomic E-state index is 0.201. The Morgan fingerprint density at radius 3 is 2.65 bits per heavy atom. The molecule has 0 aliphatic carbocycles. The standard InChI is InChI=1S/C19H22FN3/c20-17-5-3-15(4-6-17)16-12-19(14-21-13-16)23-11-10-22-8-1-2-18(23)7-9-22/h3-6,12-14,18H,1-2,7-11H2. The van der Waals surface area contributed by atoms with E-state index in [9.17, 15) is 4.39 Å². The predicted molar refractivity (Wildman–Crippen MR) is 91.1 cm³/mol. The first-order valence-corrected chi connectivity index (χ1v) is 8.49. The van der Waals surface area contributed by atoms with Crippen LogP contribution in [0.15, 0.2) is 42.7 Å². The molecule has 120 valence electrons. The minimum atomic E-state index is -0.201. The van der Waals surface area contributed by atoms with Crippen LogP contribution in [0.1, 0.15) is 19.3 Å². The van der Waals surface area contributed by atoms with Gasteiger partial charge in [0.15, 0.2) is 0 Å². The van der Waals surface area contributed by atoms with Crippen molar-refractivity contribution in [3.8, 4) is 11.1 Å². The van der Waals surface area contributed by atoms with E-state index in [0.717, 1.165) is 24.2 Å². The zero-order valence-electron chi connectivity index (χ0n) is 13.3. The summed E-state index contributed by atoms with van der Waals surface area (Å²) in [4.78, 5) is 9.55. The fourth-order valence-corrected chi connectivity index (χ4v) is 3.83. The summed E-state index contributed by atoms with van der Waals surface area (Å²) in [7, 11) is 0. The van der Waals surface area contributed by atoms with Crippen molar-refractivity contribution >= 4 is 5.69 Å². The van der Waals surface area contributed by atoms with E-state index in [1.807, 2.05) is 24.5 Å². The first-order chi connectivity index (χ1) is 11.3. The number of pyridine rings is 1. The number of halogens is 1. The van der Waals surface area contributed by atoms with Gasteiger partial charge in [0, 0.05) is 37.4 Å². The quantitative estimate of drug-likeness (QED) is 0.845. The summed E-state index contributed by atoms with van der Waals surface area (Å²) >= 11 is 0. The van der Waals surface area contributed by atoms with E-state index >= 15 is 0 Å². The van der Waals surface area contributed by atoms with Crippen molar-refractivity contribution in [1.82, 2.24) is 9.88 Å². The van der Waals surface area contributed by atoms with E-state index in [0.29, 0.717) is 6.04 Å². The van der Waals surface area contributed by atoms with Crippen molar-refractivity contribution < 1.29 is 4.39 Å². The predicted octanol–water partition coefficient (Wildman–Crippen LogP) is 3.56. The van der Waals surface area contributed by atoms with E-state index in [2.05, 4.69) is 20.9 Å². The van der Waals surface area contributed by atoms with Gasteiger partial charge in [-0.05, 0) is 49.6 Å². The molecule has 0 spiro atoms. The molecule has 2 aliphatic rings. The molecule has 4 rings (SSSR count). The molecule has 2 saturated heterocycles. The third kappa shape index (κ3) is 3.08. The van der Waals surface area contributed by atoms with Crippen LogP contribution in [0, 0.1) is 5.82 Å². The van der Waals surface area contributed by atoms with Gasteiger partial charge >= 0.3 is 0 Å². The lowest BCUT2D eigenvalue weighted by atomic mass is 10.0. The van der Waals surface area contributed by atoms with Gasteiger partial charge in [-0.1, -0.05) is 12.1 Å². The summed E-state index contributed by atoms with van der Waals surface area (Å²) in [5.74, 6) is -0.201. The Morgan fingerprint density at radius 2 is 1.78 bits per heavy atom. The van der Waals surface area contributed by atoms with E-state index in [1.54, 1.807) is 0 Å². The van der Waals surface area contributed by atoms with Crippen LogP contribution in [0.3, 0.4) is 0 Å². The molecule has 1 aromatic carbocycles. The van der Waals surface area contributed by atoms with Gasteiger partial charge in [0.2, 0.25) is 0 Å². The molecule has 2 atom stereocenters. The number of anilines is 1. The largest absolute Gasteiger partial charge is 0.366 e. The summed E-state index contributed by atoms with van der Waals surface area (Å²) in [6.07, 6.45) is 7.61. The number of rotatable bonds is 2. The maximum atomic E-state index is 13.1. The average molecular weight is 311 g/mol. The smallest absolute Gasteiger partial charge is 0.123 e. The summed E-state index contributed by atoms with van der Waals surface area (Å²) in [6, 6.07) is 9.47. The lowest BCUT2D eigenvalue weighted by molar-refractivity contribution is 0.298. The van der Waals surface area contributed by atoms with Crippen LogP contribution in [-0.2, 0) is 0 Å². The minimum Gasteiger partial charge on any atom is -0.366 e. The molecule has 2 bridgehead atoms. The summed E-state index contributed by atoms with van der Waals surface area (Å²) in [5.41, 5.74) is 3.26. The lowest BCUT2D eigenvalue weighted by Gasteiger charge is -2.33. The Hall–Kier alpha value is -1.94. The van der Waals surface area contributed by atoms with E-state index < -0.39 is 0 Å². The van der Waals surface area contributed by atoms with Gasteiger partial charge in [0.25, 0.3) is 0 Å². The first-order valence-electron chi connectivity index (χ1n) is 8.49. The highest BCUT2D eigenvalue weighted by molar-refractivity contribution is 5.67. The number of nitrogens with zero attached hydrogens (tertiary/aromatic N) is 3. The van der Waals surface area contributed by atoms with E-state index in [-0.39, 0.29) is 5.82 Å². The Labute approximate surface area is 136 Å². The Balaban J connectivity index is 1.64. The second-order valence-corrected chi connectivity index (χ2v) is 6.56. The van der Waals surface area contributed by atoms with Gasteiger partial charge in [-0.2, -0.15) is 0 Å². The van der Waals surface area contributed by atoms with Crippen molar-refractivity contribution in [1.29, 1.82) is 0 Å². The van der Waals surface area contributed by atoms with E-state index in [1.165, 1.54) is 50.2 Å². The second kappa shape index (κ2) is 6.28. The van der Waals surface area contributed by atoms with Gasteiger partial charge in [-0.3, -0.25) is 4.98 Å². The summed E-state index contributed by atoms with van der Waals surface area (Å²) < 4.78 is 13.1. The van der Waals surface area contributed by atoms with E-state index in [4.69, 9.17) is 0 Å². The Morgan fingerprint density at radius 1 is 0.913 bits per heavy atom. The van der Waals surface area contributed by atoms with Gasteiger partial charge in [-0.15, -0.1) is 0 Å². The molecule has 0 saturated carbocycles. The topological polar surface area (TPSA) is 19.4 Å². The summed E-state index contributed by atoms with van der Waals surface area (Å²) in [6.45, 7) is 4.67. The zero-order valence-corrected chi connectivity index (χ0v) is 13.3. The van der Waals surface area contributed by atoms with Crippen molar-refractivity contribution in [2.75, 3.05) is 31.1 Å². The van der Waals surface area contributed by atoms with Crippen LogP contribution < -0.4 is 4.90 Å². The van der Waals surface area contributed by atoms with Crippen molar-refractivity contribution in [2.45, 2.75) is 25.3 Å². The molecule has 2 aliphatic heterocycles. The molecule has 23 heavy (non-hydrogen) atoms. The fraction of sp³-hybridized carbons (Fsp3) is 0.421. The van der Waals surface area contributed by atoms with Crippen LogP contribution in [0.2, 0.25) is 0 Å². The Kier molecular flexibility index (Phi) is 4.00. The number of aromatic nitrogens is 1. The van der Waals surface area contributed by atoms with Crippen LogP contribution in [0.25, 0.3) is 11.1 Å². The molecule has 4 heteroatoms. The SMILES string of the molecule is Fc1ccc(-c2cncc(N3CCN4CCCC3CC4)c2)cc1. The molecule has 0 amide bonds. The van der Waals surface area contributed by atoms with Crippen LogP contribution >= 0.6 is 0 Å². The first kappa shape index (κ1) is 14.6. The van der Waals surface area contributed by atoms with Crippen LogP contribution in [0.4, 0.5) is 10.1 Å². The number of hydrogen-bond acceptors (Lipinski definition) is 3. The van der Waals surface area contributed by atoms with Gasteiger partial charge in [0.1, 0.15) is 5.82 Å². The average Bonchev–Trinajstić information content (AvgIpc) is 2.91. The molecule has 3 heterocycles. The molecule has 2 unspecified atom stereocenters. The Bertz CT molecular complexity index is 671. The highest BCUT2D eigenvalue weighted by Gasteiger charge is 2.27. The fourth-order valence-electron chi connectivity index (χ4n) is 3.83. The molecule has 0 radical (unpaired) electrons. The van der Waals surface area contributed by atoms with Gasteiger partial charge in [0.05, 0.1) is 11.9 Å². The molecule has 2 aromatic rings. The zero-order chi connectivity index (χ0) is 15.6. The third-order valence-electron chi connectivity index (χ3n) is 5.12. The van der Waals surface area contributed by atoms with Gasteiger partial charge < -0.3 is 9.80 Å². The second-order valence-electron chi connectivity index (χ2n) is 6.56. The number of hydrogen-bond donors (Lipinski definition) is 0. The molecular weight excluding hydrogens is 289 g/mol. The maximum Gasteiger partial charge on any atom is 0.123 e. The molecule has 2 fully saturated rings. The third-order valence-corrected chi connectivity index (χ3v) is 5.12. The molecule has 1 aromatic heterocycles. The maximum absolute atomic E-state index is 13.1. The highest BCUT2D eigenvalue weighted by Crippen LogP contribution is 2.29. The lowest BCUT2D eigenvalue weighted by Crippen LogP contribution is -2.39. The molecule has 0 N–H and O–H groups in total. The normalized spacial score (nSPS) is 24.3. The number of benzene rings is 1. The van der Waals surface area contributed by atoms with Crippen molar-refractivity contribution in [3.05, 3.63) is 48.5 Å². The van der Waals surface area contributed by atoms with Crippen molar-refractivity contribution in [2.24, 2.45) is 0 Å². The molecule has 3 nitrogen and oxygen atoms in total. The highest BCUT2D eigenvalue weighted by atomic mass is 19.1. The number of fused-ring (bicyclic) bond motifs is 3.